The normalized spacial score (nSPS) is 11.5. The van der Waals surface area contributed by atoms with Gasteiger partial charge in [0.15, 0.2) is 16.3 Å². The van der Waals surface area contributed by atoms with Gasteiger partial charge in [0, 0.05) is 10.6 Å². The van der Waals surface area contributed by atoms with E-state index >= 15 is 0 Å². The minimum absolute atomic E-state index is 0.168. The number of fused-ring (bicyclic) bond motifs is 1. The predicted molar refractivity (Wildman–Crippen MR) is 136 cm³/mol. The van der Waals surface area contributed by atoms with Crippen LogP contribution in [0.2, 0.25) is 10.0 Å². The molecule has 0 aliphatic carbocycles. The second kappa shape index (κ2) is 12.3. The average molecular weight is 541 g/mol. The molecule has 0 unspecified atom stereocenters. The number of amides is 1. The Bertz CT molecular complexity index is 1270. The molecular weight excluding hydrogens is 515 g/mol. The molecule has 0 radical (unpaired) electrons. The molecule has 1 amide bonds. The van der Waals surface area contributed by atoms with E-state index in [9.17, 15) is 9.59 Å². The Hall–Kier alpha value is -2.75. The van der Waals surface area contributed by atoms with Crippen molar-refractivity contribution in [2.24, 2.45) is 4.99 Å². The second-order valence-corrected chi connectivity index (χ2v) is 8.88. The van der Waals surface area contributed by atoms with E-state index in [-0.39, 0.29) is 23.5 Å². The molecule has 0 atom stereocenters. The van der Waals surface area contributed by atoms with Crippen molar-refractivity contribution in [2.75, 3.05) is 26.4 Å². The molecule has 0 spiro atoms. The minimum atomic E-state index is -0.554. The number of carbonyl (C=O) groups excluding carboxylic acids is 2. The summed E-state index contributed by atoms with van der Waals surface area (Å²) in [4.78, 5) is 30.2. The van der Waals surface area contributed by atoms with E-state index in [1.54, 1.807) is 35.8 Å². The summed E-state index contributed by atoms with van der Waals surface area (Å²) in [7, 11) is 0. The standard InChI is InChI=1S/C24H26Cl2N2O6S/c1-5-31-17-9-14(10-18(32-6-2)22(17)34-8-4)23(30)27-24-28(13-20(29)33-7-3)21-16(26)11-15(25)12-19(21)35-24/h9-12H,5-8,13H2,1-4H3. The van der Waals surface area contributed by atoms with Crippen LogP contribution in [0.15, 0.2) is 29.3 Å². The first-order valence-corrected chi connectivity index (χ1v) is 12.7. The van der Waals surface area contributed by atoms with Gasteiger partial charge in [0.1, 0.15) is 6.54 Å². The zero-order valence-corrected chi connectivity index (χ0v) is 22.2. The first-order chi connectivity index (χ1) is 16.8. The third-order valence-electron chi connectivity index (χ3n) is 4.64. The predicted octanol–water partition coefficient (Wildman–Crippen LogP) is 5.51. The SMILES string of the molecule is CCOC(=O)Cn1c(=NC(=O)c2cc(OCC)c(OCC)c(OCC)c2)sc2cc(Cl)cc(Cl)c21. The fraction of sp³-hybridized carbons (Fsp3) is 0.375. The Morgan fingerprint density at radius 2 is 1.54 bits per heavy atom. The van der Waals surface area contributed by atoms with E-state index in [0.29, 0.717) is 57.3 Å². The third kappa shape index (κ3) is 6.28. The fourth-order valence-electron chi connectivity index (χ4n) is 3.36. The van der Waals surface area contributed by atoms with Gasteiger partial charge in [-0.1, -0.05) is 34.5 Å². The van der Waals surface area contributed by atoms with Crippen molar-refractivity contribution < 1.29 is 28.5 Å². The van der Waals surface area contributed by atoms with E-state index in [1.165, 1.54) is 11.3 Å². The van der Waals surface area contributed by atoms with Gasteiger partial charge in [-0.05, 0) is 52.0 Å². The monoisotopic (exact) mass is 540 g/mol. The van der Waals surface area contributed by atoms with E-state index in [2.05, 4.69) is 4.99 Å². The number of benzene rings is 2. The molecule has 11 heteroatoms. The summed E-state index contributed by atoms with van der Waals surface area (Å²) in [5.74, 6) is 0.147. The van der Waals surface area contributed by atoms with Crippen LogP contribution >= 0.6 is 34.5 Å². The molecular formula is C24H26Cl2N2O6S. The van der Waals surface area contributed by atoms with Gasteiger partial charge in [0.05, 0.1) is 41.7 Å². The lowest BCUT2D eigenvalue weighted by atomic mass is 10.1. The maximum atomic E-state index is 13.3. The minimum Gasteiger partial charge on any atom is -0.490 e. The van der Waals surface area contributed by atoms with Gasteiger partial charge >= 0.3 is 5.97 Å². The molecule has 1 aromatic heterocycles. The van der Waals surface area contributed by atoms with Crippen molar-refractivity contribution >= 4 is 56.6 Å². The molecule has 0 bridgehead atoms. The van der Waals surface area contributed by atoms with E-state index in [0.717, 1.165) is 0 Å². The number of aromatic nitrogens is 1. The van der Waals surface area contributed by atoms with Gasteiger partial charge in [-0.2, -0.15) is 4.99 Å². The molecule has 0 aliphatic rings. The molecule has 3 rings (SSSR count). The molecule has 0 N–H and O–H groups in total. The number of ether oxygens (including phenoxy) is 4. The lowest BCUT2D eigenvalue weighted by molar-refractivity contribution is -0.143. The molecule has 0 saturated heterocycles. The number of rotatable bonds is 10. The van der Waals surface area contributed by atoms with Crippen LogP contribution < -0.4 is 19.0 Å². The number of hydrogen-bond donors (Lipinski definition) is 0. The summed E-state index contributed by atoms with van der Waals surface area (Å²) in [5.41, 5.74) is 0.780. The average Bonchev–Trinajstić information content (AvgIpc) is 3.12. The number of esters is 1. The molecule has 0 saturated carbocycles. The Morgan fingerprint density at radius 1 is 0.914 bits per heavy atom. The van der Waals surface area contributed by atoms with Crippen LogP contribution in [0.1, 0.15) is 38.1 Å². The highest BCUT2D eigenvalue weighted by atomic mass is 35.5. The van der Waals surface area contributed by atoms with Crippen molar-refractivity contribution in [3.63, 3.8) is 0 Å². The third-order valence-corrected chi connectivity index (χ3v) is 6.17. The summed E-state index contributed by atoms with van der Waals surface area (Å²) in [6, 6.07) is 6.40. The van der Waals surface area contributed by atoms with Crippen LogP contribution in [0.5, 0.6) is 17.2 Å². The molecule has 8 nitrogen and oxygen atoms in total. The molecule has 0 fully saturated rings. The maximum absolute atomic E-state index is 13.3. The molecule has 188 valence electrons. The van der Waals surface area contributed by atoms with Crippen molar-refractivity contribution in [2.45, 2.75) is 34.2 Å². The van der Waals surface area contributed by atoms with E-state index in [1.807, 2.05) is 20.8 Å². The summed E-state index contributed by atoms with van der Waals surface area (Å²) in [6.45, 7) is 8.42. The van der Waals surface area contributed by atoms with Crippen LogP contribution in [-0.4, -0.2) is 42.9 Å². The van der Waals surface area contributed by atoms with Gasteiger partial charge in [-0.3, -0.25) is 9.59 Å². The fourth-order valence-corrected chi connectivity index (χ4v) is 5.17. The van der Waals surface area contributed by atoms with Crippen LogP contribution in [0.25, 0.3) is 10.2 Å². The lowest BCUT2D eigenvalue weighted by Gasteiger charge is -2.16. The van der Waals surface area contributed by atoms with Crippen molar-refractivity contribution in [1.29, 1.82) is 0 Å². The quantitative estimate of drug-likeness (QED) is 0.315. The van der Waals surface area contributed by atoms with Gasteiger partial charge in [-0.15, -0.1) is 0 Å². The number of carbonyl (C=O) groups is 2. The second-order valence-electron chi connectivity index (χ2n) is 7.03. The molecule has 0 aliphatic heterocycles. The van der Waals surface area contributed by atoms with Gasteiger partial charge in [-0.25, -0.2) is 0 Å². The molecule has 35 heavy (non-hydrogen) atoms. The Labute approximate surface area is 217 Å². The molecule has 1 heterocycles. The van der Waals surface area contributed by atoms with Gasteiger partial charge < -0.3 is 23.5 Å². The highest BCUT2D eigenvalue weighted by Crippen LogP contribution is 2.39. The topological polar surface area (TPSA) is 88.4 Å². The summed E-state index contributed by atoms with van der Waals surface area (Å²) in [5, 5.41) is 0.763. The molecule has 3 aromatic rings. The number of halogens is 2. The Kier molecular flexibility index (Phi) is 9.42. The first-order valence-electron chi connectivity index (χ1n) is 11.1. The van der Waals surface area contributed by atoms with Crippen LogP contribution in [0, 0.1) is 0 Å². The zero-order chi connectivity index (χ0) is 25.5. The number of thiazole rings is 1. The summed E-state index contributed by atoms with van der Waals surface area (Å²) < 4.78 is 24.4. The smallest absolute Gasteiger partial charge is 0.326 e. The Morgan fingerprint density at radius 3 is 2.11 bits per heavy atom. The van der Waals surface area contributed by atoms with Crippen LogP contribution in [0.3, 0.4) is 0 Å². The van der Waals surface area contributed by atoms with Gasteiger partial charge in [0.25, 0.3) is 5.91 Å². The maximum Gasteiger partial charge on any atom is 0.326 e. The number of nitrogens with zero attached hydrogens (tertiary/aromatic N) is 2. The van der Waals surface area contributed by atoms with Crippen molar-refractivity contribution in [3.05, 3.63) is 44.7 Å². The Balaban J connectivity index is 2.17. The van der Waals surface area contributed by atoms with E-state index < -0.39 is 11.9 Å². The summed E-state index contributed by atoms with van der Waals surface area (Å²) in [6.07, 6.45) is 0. The van der Waals surface area contributed by atoms with E-state index in [4.69, 9.17) is 42.1 Å². The van der Waals surface area contributed by atoms with Crippen LogP contribution in [0.4, 0.5) is 0 Å². The zero-order valence-electron chi connectivity index (χ0n) is 19.9. The lowest BCUT2D eigenvalue weighted by Crippen LogP contribution is -2.23. The first kappa shape index (κ1) is 26.8. The summed E-state index contributed by atoms with van der Waals surface area (Å²) >= 11 is 13.8. The van der Waals surface area contributed by atoms with Crippen molar-refractivity contribution in [1.82, 2.24) is 4.57 Å². The largest absolute Gasteiger partial charge is 0.490 e. The van der Waals surface area contributed by atoms with Crippen LogP contribution in [-0.2, 0) is 16.1 Å². The number of hydrogen-bond acceptors (Lipinski definition) is 7. The van der Waals surface area contributed by atoms with Crippen molar-refractivity contribution in [3.8, 4) is 17.2 Å². The molecule has 2 aromatic carbocycles. The van der Waals surface area contributed by atoms with Gasteiger partial charge in [0.2, 0.25) is 5.75 Å². The highest BCUT2D eigenvalue weighted by Gasteiger charge is 2.20. The highest BCUT2D eigenvalue weighted by molar-refractivity contribution is 7.16.